The molecule has 0 bridgehead atoms. The first-order chi connectivity index (χ1) is 14.1. The molecular weight excluding hydrogens is 388 g/mol. The van der Waals surface area contributed by atoms with Crippen LogP contribution in [0, 0.1) is 0 Å². The number of carbonyl (C=O) groups excluding carboxylic acids is 1. The van der Waals surface area contributed by atoms with E-state index in [9.17, 15) is 4.79 Å². The molecule has 0 spiro atoms. The molecule has 0 N–H and O–H groups in total. The van der Waals surface area contributed by atoms with Crippen LogP contribution in [0.3, 0.4) is 0 Å². The van der Waals surface area contributed by atoms with E-state index in [-0.39, 0.29) is 23.4 Å². The molecule has 3 heterocycles. The molecule has 2 fully saturated rings. The lowest BCUT2D eigenvalue weighted by Crippen LogP contribution is -2.50. The monoisotopic (exact) mass is 416 g/mol. The van der Waals surface area contributed by atoms with Gasteiger partial charge in [0, 0.05) is 32.0 Å². The molecular formula is C21H28N4O3S. The summed E-state index contributed by atoms with van der Waals surface area (Å²) in [6, 6.07) is 8.29. The highest BCUT2D eigenvalue weighted by atomic mass is 32.2. The van der Waals surface area contributed by atoms with Crippen LogP contribution in [0.4, 0.5) is 0 Å². The Morgan fingerprint density at radius 2 is 2.17 bits per heavy atom. The van der Waals surface area contributed by atoms with E-state index in [0.717, 1.165) is 30.2 Å². The Kier molecular flexibility index (Phi) is 6.52. The van der Waals surface area contributed by atoms with Gasteiger partial charge in [-0.3, -0.25) is 4.79 Å². The van der Waals surface area contributed by atoms with Crippen LogP contribution in [0.15, 0.2) is 35.7 Å². The van der Waals surface area contributed by atoms with Gasteiger partial charge >= 0.3 is 0 Å². The zero-order chi connectivity index (χ0) is 20.2. The lowest BCUT2D eigenvalue weighted by molar-refractivity contribution is -0.144. The number of thioether (sulfide) groups is 1. The molecule has 7 nitrogen and oxygen atoms in total. The summed E-state index contributed by atoms with van der Waals surface area (Å²) in [6.45, 7) is 4.81. The molecule has 1 aromatic heterocycles. The molecule has 2 aliphatic rings. The minimum absolute atomic E-state index is 0.00403. The van der Waals surface area contributed by atoms with Crippen LogP contribution in [0.5, 0.6) is 0 Å². The van der Waals surface area contributed by atoms with E-state index < -0.39 is 0 Å². The summed E-state index contributed by atoms with van der Waals surface area (Å²) in [7, 11) is 1.94. The normalized spacial score (nSPS) is 23.3. The number of benzene rings is 1. The van der Waals surface area contributed by atoms with Crippen molar-refractivity contribution in [1.82, 2.24) is 19.7 Å². The molecule has 156 valence electrons. The fourth-order valence-electron chi connectivity index (χ4n) is 3.87. The molecule has 8 heteroatoms. The average molecular weight is 417 g/mol. The quantitative estimate of drug-likeness (QED) is 0.675. The van der Waals surface area contributed by atoms with Crippen molar-refractivity contribution in [1.29, 1.82) is 0 Å². The number of hydrogen-bond acceptors (Lipinski definition) is 6. The first-order valence-corrected chi connectivity index (χ1v) is 11.1. The van der Waals surface area contributed by atoms with Gasteiger partial charge in [0.2, 0.25) is 5.91 Å². The zero-order valence-electron chi connectivity index (χ0n) is 17.0. The van der Waals surface area contributed by atoms with Crippen molar-refractivity contribution in [2.24, 2.45) is 7.05 Å². The Bertz CT molecular complexity index is 837. The Morgan fingerprint density at radius 1 is 1.31 bits per heavy atom. The number of aryl methyl sites for hydroxylation is 1. The van der Waals surface area contributed by atoms with Crippen LogP contribution in [0.25, 0.3) is 0 Å². The van der Waals surface area contributed by atoms with Crippen molar-refractivity contribution < 1.29 is 14.3 Å². The van der Waals surface area contributed by atoms with E-state index in [4.69, 9.17) is 9.47 Å². The summed E-state index contributed by atoms with van der Waals surface area (Å²) in [5.41, 5.74) is 2.22. The van der Waals surface area contributed by atoms with Gasteiger partial charge in [-0.05, 0) is 30.9 Å². The number of rotatable bonds is 6. The summed E-state index contributed by atoms with van der Waals surface area (Å²) in [6.07, 6.45) is 4.35. The van der Waals surface area contributed by atoms with Crippen LogP contribution < -0.4 is 0 Å². The smallest absolute Gasteiger partial charge is 0.227 e. The molecule has 0 saturated carbocycles. The molecule has 2 saturated heterocycles. The van der Waals surface area contributed by atoms with Crippen molar-refractivity contribution in [3.05, 3.63) is 41.7 Å². The number of morpholine rings is 1. The number of nitrogens with zero attached hydrogens (tertiary/aromatic N) is 4. The molecule has 0 unspecified atom stereocenters. The van der Waals surface area contributed by atoms with Gasteiger partial charge in [0.05, 0.1) is 19.1 Å². The third kappa shape index (κ3) is 4.99. The molecule has 4 rings (SSSR count). The van der Waals surface area contributed by atoms with E-state index in [1.165, 1.54) is 5.56 Å². The summed E-state index contributed by atoms with van der Waals surface area (Å²) in [5.74, 6) is 0.155. The third-order valence-corrected chi connectivity index (χ3v) is 6.76. The van der Waals surface area contributed by atoms with Gasteiger partial charge < -0.3 is 18.9 Å². The molecule has 3 atom stereocenters. The van der Waals surface area contributed by atoms with Crippen molar-refractivity contribution in [3.8, 4) is 0 Å². The summed E-state index contributed by atoms with van der Waals surface area (Å²) in [5, 5.41) is 9.18. The molecule has 0 radical (unpaired) electrons. The molecule has 1 amide bonds. The van der Waals surface area contributed by atoms with Gasteiger partial charge in [-0.25, -0.2) is 0 Å². The summed E-state index contributed by atoms with van der Waals surface area (Å²) < 4.78 is 13.5. The Morgan fingerprint density at radius 3 is 2.93 bits per heavy atom. The zero-order valence-corrected chi connectivity index (χ0v) is 17.8. The highest BCUT2D eigenvalue weighted by molar-refractivity contribution is 7.99. The van der Waals surface area contributed by atoms with Gasteiger partial charge in [0.15, 0.2) is 5.16 Å². The van der Waals surface area contributed by atoms with Crippen molar-refractivity contribution in [2.45, 2.75) is 48.8 Å². The summed E-state index contributed by atoms with van der Waals surface area (Å²) in [4.78, 5) is 14.8. The van der Waals surface area contributed by atoms with Crippen molar-refractivity contribution in [2.75, 3.05) is 26.3 Å². The molecule has 0 aliphatic carbocycles. The first kappa shape index (κ1) is 20.4. The van der Waals surface area contributed by atoms with E-state index in [0.29, 0.717) is 26.1 Å². The molecule has 2 aliphatic heterocycles. The third-order valence-electron chi connectivity index (χ3n) is 5.55. The Balaban J connectivity index is 1.37. The maximum absolute atomic E-state index is 12.9. The van der Waals surface area contributed by atoms with Crippen molar-refractivity contribution in [3.63, 3.8) is 0 Å². The van der Waals surface area contributed by atoms with Crippen molar-refractivity contribution >= 4 is 17.7 Å². The largest absolute Gasteiger partial charge is 0.375 e. The number of hydrogen-bond donors (Lipinski definition) is 0. The number of aromatic nitrogens is 3. The van der Waals surface area contributed by atoms with Gasteiger partial charge in [0.25, 0.3) is 0 Å². The van der Waals surface area contributed by atoms with Gasteiger partial charge in [0.1, 0.15) is 12.4 Å². The predicted octanol–water partition coefficient (Wildman–Crippen LogP) is 2.62. The van der Waals surface area contributed by atoms with Crippen LogP contribution in [0.1, 0.15) is 36.1 Å². The van der Waals surface area contributed by atoms with Gasteiger partial charge in [-0.15, -0.1) is 10.2 Å². The Hall–Kier alpha value is -1.90. The van der Waals surface area contributed by atoms with Gasteiger partial charge in [-0.2, -0.15) is 0 Å². The second kappa shape index (κ2) is 9.28. The van der Waals surface area contributed by atoms with E-state index in [2.05, 4.69) is 29.3 Å². The van der Waals surface area contributed by atoms with E-state index >= 15 is 0 Å². The number of amides is 1. The topological polar surface area (TPSA) is 69.5 Å². The highest BCUT2D eigenvalue weighted by Gasteiger charge is 2.32. The highest BCUT2D eigenvalue weighted by Crippen LogP contribution is 2.33. The fraction of sp³-hybridized carbons (Fsp3) is 0.571. The van der Waals surface area contributed by atoms with Crippen LogP contribution in [-0.2, 0) is 27.7 Å². The maximum Gasteiger partial charge on any atom is 0.227 e. The number of carbonyl (C=O) groups is 1. The maximum atomic E-state index is 12.9. The van der Waals surface area contributed by atoms with E-state index in [1.807, 2.05) is 28.6 Å². The lowest BCUT2D eigenvalue weighted by Gasteiger charge is -2.35. The summed E-state index contributed by atoms with van der Waals surface area (Å²) >= 11 is 1.66. The van der Waals surface area contributed by atoms with Crippen LogP contribution >= 0.6 is 11.8 Å². The lowest BCUT2D eigenvalue weighted by atomic mass is 10.0. The molecule has 29 heavy (non-hydrogen) atoms. The second-order valence-corrected chi connectivity index (χ2v) is 9.01. The Labute approximate surface area is 175 Å². The predicted molar refractivity (Wildman–Crippen MR) is 111 cm³/mol. The number of ether oxygens (including phenoxy) is 2. The fourth-order valence-corrected chi connectivity index (χ4v) is 4.78. The molecule has 2 aromatic rings. The standard InChI is InChI=1S/C21H28N4O3S/c1-15(29-21-23-22-14-24(21)2)17-6-3-5-16(11-17)12-20(26)25-8-10-28-19(13-25)18-7-4-9-27-18/h3,5-6,11,14-15,18-19H,4,7-10,12-13H2,1-2H3/t15-,18+,19-/m0/s1. The van der Waals surface area contributed by atoms with E-state index in [1.54, 1.807) is 18.1 Å². The second-order valence-electron chi connectivity index (χ2n) is 7.71. The average Bonchev–Trinajstić information content (AvgIpc) is 3.41. The molecule has 1 aromatic carbocycles. The van der Waals surface area contributed by atoms with Crippen LogP contribution in [-0.4, -0.2) is 64.1 Å². The first-order valence-electron chi connectivity index (χ1n) is 10.2. The minimum atomic E-state index is 0.00403. The van der Waals surface area contributed by atoms with Crippen LogP contribution in [0.2, 0.25) is 0 Å². The minimum Gasteiger partial charge on any atom is -0.375 e. The SMILES string of the molecule is C[C@H](Sc1nncn1C)c1cccc(CC(=O)N2CCO[C@H]([C@H]3CCCO3)C2)c1. The van der Waals surface area contributed by atoms with Gasteiger partial charge in [-0.1, -0.05) is 36.0 Å².